The molecule has 1 aromatic heterocycles. The van der Waals surface area contributed by atoms with E-state index in [1.165, 1.54) is 0 Å². The fourth-order valence-corrected chi connectivity index (χ4v) is 9.28. The Morgan fingerprint density at radius 3 is 1.40 bits per heavy atom. The third-order valence-corrected chi connectivity index (χ3v) is 12.3. The van der Waals surface area contributed by atoms with Gasteiger partial charge in [-0.3, -0.25) is 4.90 Å². The number of rotatable bonds is 5. The number of benzene rings is 10. The molecule has 0 N–H and O–H groups in total. The maximum Gasteiger partial charge on any atom is 0.163 e. The molecule has 0 aliphatic carbocycles. The van der Waals surface area contributed by atoms with Crippen LogP contribution in [0, 0.1) is 0 Å². The van der Waals surface area contributed by atoms with E-state index in [-0.39, 0.29) is 0 Å². The van der Waals surface area contributed by atoms with Gasteiger partial charge in [0.05, 0.1) is 33.8 Å². The summed E-state index contributed by atoms with van der Waals surface area (Å²) >= 11 is 0. The van der Waals surface area contributed by atoms with Gasteiger partial charge in [0.1, 0.15) is 5.69 Å². The quantitative estimate of drug-likeness (QED) is 0.173. The van der Waals surface area contributed by atoms with Gasteiger partial charge in [-0.05, 0) is 110 Å². The highest BCUT2D eigenvalue weighted by Gasteiger charge is 2.37. The molecule has 0 atom stereocenters. The van der Waals surface area contributed by atoms with Crippen molar-refractivity contribution in [1.29, 1.82) is 0 Å². The predicted molar refractivity (Wildman–Crippen MR) is 257 cm³/mol. The van der Waals surface area contributed by atoms with Gasteiger partial charge in [-0.2, -0.15) is 0 Å². The average Bonchev–Trinajstić information content (AvgIpc) is 3.35. The standard InChI is InChI=1S/C58H35N3O2/c1-3-13-36(14-4-1)38-21-11-23-45(29-38)55-56(46-24-12-22-39(30-46)37-15-5-2-6-16-37)60-49-31-44(25-27-48(49)59-55)47-26-28-52-57-58(47)63-54-35-43-20-10-8-18-41(43)33-51(54)61(57)50-32-40-17-7-9-19-42(40)34-53(50)62-52/h1-35H. The van der Waals surface area contributed by atoms with Gasteiger partial charge in [0.25, 0.3) is 0 Å². The van der Waals surface area contributed by atoms with Gasteiger partial charge >= 0.3 is 0 Å². The van der Waals surface area contributed by atoms with Crippen LogP contribution in [0.1, 0.15) is 0 Å². The molecular weight excluding hydrogens is 771 g/mol. The zero-order valence-electron chi connectivity index (χ0n) is 33.9. The molecule has 294 valence electrons. The first-order chi connectivity index (χ1) is 31.2. The lowest BCUT2D eigenvalue weighted by molar-refractivity contribution is 0.448. The molecule has 0 fully saturated rings. The van der Waals surface area contributed by atoms with Crippen molar-refractivity contribution in [2.75, 3.05) is 4.90 Å². The van der Waals surface area contributed by atoms with E-state index >= 15 is 0 Å². The molecule has 3 heterocycles. The summed E-state index contributed by atoms with van der Waals surface area (Å²) in [4.78, 5) is 13.2. The lowest BCUT2D eigenvalue weighted by atomic mass is 9.96. The Bertz CT molecular complexity index is 3620. The smallest absolute Gasteiger partial charge is 0.163 e. The van der Waals surface area contributed by atoms with Crippen molar-refractivity contribution in [2.45, 2.75) is 0 Å². The van der Waals surface area contributed by atoms with E-state index in [2.05, 4.69) is 205 Å². The van der Waals surface area contributed by atoms with Gasteiger partial charge in [-0.1, -0.05) is 152 Å². The third-order valence-electron chi connectivity index (χ3n) is 12.3. The highest BCUT2D eigenvalue weighted by molar-refractivity contribution is 6.04. The Labute approximate surface area is 363 Å². The van der Waals surface area contributed by atoms with E-state index in [0.29, 0.717) is 0 Å². The van der Waals surface area contributed by atoms with Crippen molar-refractivity contribution in [3.63, 3.8) is 0 Å². The van der Waals surface area contributed by atoms with Crippen LogP contribution in [0.5, 0.6) is 23.0 Å². The first-order valence-corrected chi connectivity index (χ1v) is 21.2. The predicted octanol–water partition coefficient (Wildman–Crippen LogP) is 16.0. The van der Waals surface area contributed by atoms with Crippen molar-refractivity contribution < 1.29 is 9.47 Å². The molecule has 13 rings (SSSR count). The molecule has 63 heavy (non-hydrogen) atoms. The van der Waals surface area contributed by atoms with Crippen LogP contribution in [0.15, 0.2) is 212 Å². The first-order valence-electron chi connectivity index (χ1n) is 21.2. The van der Waals surface area contributed by atoms with Crippen LogP contribution in [0.4, 0.5) is 17.1 Å². The van der Waals surface area contributed by atoms with Gasteiger partial charge in [-0.25, -0.2) is 9.97 Å². The van der Waals surface area contributed by atoms with Crippen LogP contribution in [-0.4, -0.2) is 9.97 Å². The Morgan fingerprint density at radius 2 is 0.810 bits per heavy atom. The normalized spacial score (nSPS) is 12.3. The highest BCUT2D eigenvalue weighted by Crippen LogP contribution is 2.62. The van der Waals surface area contributed by atoms with E-state index in [1.807, 2.05) is 12.1 Å². The molecule has 5 heteroatoms. The number of hydrogen-bond donors (Lipinski definition) is 0. The topological polar surface area (TPSA) is 47.5 Å². The van der Waals surface area contributed by atoms with E-state index in [1.54, 1.807) is 0 Å². The maximum absolute atomic E-state index is 7.05. The molecule has 5 nitrogen and oxygen atoms in total. The number of anilines is 3. The fraction of sp³-hybridized carbons (Fsp3) is 0. The number of hydrogen-bond acceptors (Lipinski definition) is 5. The van der Waals surface area contributed by atoms with Crippen LogP contribution in [0.25, 0.3) is 88.5 Å². The second-order valence-electron chi connectivity index (χ2n) is 16.2. The molecule has 2 aliphatic rings. The summed E-state index contributed by atoms with van der Waals surface area (Å²) in [6.45, 7) is 0. The molecule has 0 spiro atoms. The molecule has 11 aromatic rings. The molecule has 0 amide bonds. The molecule has 0 saturated heterocycles. The molecule has 0 saturated carbocycles. The summed E-state index contributed by atoms with van der Waals surface area (Å²) in [6.07, 6.45) is 0. The zero-order valence-corrected chi connectivity index (χ0v) is 33.9. The van der Waals surface area contributed by atoms with Crippen LogP contribution < -0.4 is 14.4 Å². The minimum Gasteiger partial charge on any atom is -0.453 e. The zero-order chi connectivity index (χ0) is 41.4. The lowest BCUT2D eigenvalue weighted by Gasteiger charge is -2.39. The SMILES string of the molecule is c1ccc(-c2cccc(-c3nc4ccc(-c5ccc6c7c5Oc5cc8ccccc8cc5N7c5cc7ccccc7cc5O6)cc4nc3-c3cccc(-c4ccccc4)c3)c2)cc1. The second-order valence-corrected chi connectivity index (χ2v) is 16.2. The van der Waals surface area contributed by atoms with Crippen molar-refractivity contribution >= 4 is 49.6 Å². The molecular formula is C58H35N3O2. The number of nitrogens with zero attached hydrogens (tertiary/aromatic N) is 3. The van der Waals surface area contributed by atoms with E-state index in [4.69, 9.17) is 19.4 Å². The third kappa shape index (κ3) is 5.86. The van der Waals surface area contributed by atoms with Crippen molar-refractivity contribution in [1.82, 2.24) is 9.97 Å². The molecule has 0 unspecified atom stereocenters. The van der Waals surface area contributed by atoms with E-state index < -0.39 is 0 Å². The van der Waals surface area contributed by atoms with E-state index in [9.17, 15) is 0 Å². The summed E-state index contributed by atoms with van der Waals surface area (Å²) in [5, 5.41) is 4.51. The highest BCUT2D eigenvalue weighted by atomic mass is 16.5. The van der Waals surface area contributed by atoms with Crippen molar-refractivity contribution in [3.05, 3.63) is 212 Å². The Balaban J connectivity index is 0.999. The summed E-state index contributed by atoms with van der Waals surface area (Å²) in [7, 11) is 0. The Hall–Kier alpha value is -8.54. The van der Waals surface area contributed by atoms with Gasteiger partial charge in [0, 0.05) is 16.7 Å². The summed E-state index contributed by atoms with van der Waals surface area (Å²) in [5.74, 6) is 3.05. The van der Waals surface area contributed by atoms with Crippen molar-refractivity contribution in [2.24, 2.45) is 0 Å². The largest absolute Gasteiger partial charge is 0.453 e. The van der Waals surface area contributed by atoms with Crippen LogP contribution >= 0.6 is 0 Å². The number of fused-ring (bicyclic) bond motifs is 7. The van der Waals surface area contributed by atoms with E-state index in [0.717, 1.165) is 129 Å². The molecule has 2 aliphatic heterocycles. The second kappa shape index (κ2) is 14.0. The Kier molecular flexibility index (Phi) is 7.84. The van der Waals surface area contributed by atoms with Gasteiger partial charge in [0.2, 0.25) is 0 Å². The fourth-order valence-electron chi connectivity index (χ4n) is 9.28. The maximum atomic E-state index is 7.05. The summed E-state index contributed by atoms with van der Waals surface area (Å²) in [5.41, 5.74) is 14.5. The first kappa shape index (κ1) is 35.2. The lowest BCUT2D eigenvalue weighted by Crippen LogP contribution is -2.20. The molecule has 10 aromatic carbocycles. The number of ether oxygens (including phenoxy) is 2. The minimum absolute atomic E-state index is 0.728. The van der Waals surface area contributed by atoms with Crippen LogP contribution in [-0.2, 0) is 0 Å². The van der Waals surface area contributed by atoms with Gasteiger partial charge in [-0.15, -0.1) is 0 Å². The molecule has 0 bridgehead atoms. The Morgan fingerprint density at radius 1 is 0.317 bits per heavy atom. The van der Waals surface area contributed by atoms with Gasteiger partial charge in [0.15, 0.2) is 23.0 Å². The number of aromatic nitrogens is 2. The average molecular weight is 806 g/mol. The van der Waals surface area contributed by atoms with Gasteiger partial charge < -0.3 is 9.47 Å². The summed E-state index contributed by atoms with van der Waals surface area (Å²) < 4.78 is 13.8. The monoisotopic (exact) mass is 805 g/mol. The summed E-state index contributed by atoms with van der Waals surface area (Å²) in [6, 6.07) is 74.3. The van der Waals surface area contributed by atoms with Crippen LogP contribution in [0.3, 0.4) is 0 Å². The minimum atomic E-state index is 0.728. The van der Waals surface area contributed by atoms with Crippen LogP contribution in [0.2, 0.25) is 0 Å². The molecule has 0 radical (unpaired) electrons. The van der Waals surface area contributed by atoms with Crippen molar-refractivity contribution in [3.8, 4) is 78.9 Å².